The molecule has 1 aromatic rings. The zero-order chi connectivity index (χ0) is 19.2. The molecular formula is C20H29N3O4. The lowest BCUT2D eigenvalue weighted by Crippen LogP contribution is -2.45. The summed E-state index contributed by atoms with van der Waals surface area (Å²) in [5.74, 6) is 2.06. The molecule has 0 bridgehead atoms. The molecule has 7 nitrogen and oxygen atoms in total. The summed E-state index contributed by atoms with van der Waals surface area (Å²) in [5, 5.41) is 2.88. The average molecular weight is 375 g/mol. The predicted molar refractivity (Wildman–Crippen MR) is 99.6 cm³/mol. The fraction of sp³-hybridized carbons (Fsp3) is 0.650. The average Bonchev–Trinajstić information content (AvgIpc) is 3.26. The van der Waals surface area contributed by atoms with Crippen LogP contribution in [0.4, 0.5) is 0 Å². The maximum atomic E-state index is 12.5. The second-order valence-corrected chi connectivity index (χ2v) is 7.59. The maximum Gasteiger partial charge on any atom is 0.242 e. The Bertz CT molecular complexity index is 685. The van der Waals surface area contributed by atoms with Gasteiger partial charge in [0.05, 0.1) is 13.1 Å². The van der Waals surface area contributed by atoms with Crippen molar-refractivity contribution < 1.29 is 18.8 Å². The summed E-state index contributed by atoms with van der Waals surface area (Å²) in [6.45, 7) is 4.62. The van der Waals surface area contributed by atoms with Crippen molar-refractivity contribution in [2.75, 3.05) is 26.2 Å². The number of carbonyl (C=O) groups excluding carboxylic acids is 3. The molecule has 0 radical (unpaired) electrons. The number of furan rings is 1. The summed E-state index contributed by atoms with van der Waals surface area (Å²) in [6.07, 6.45) is 4.63. The summed E-state index contributed by atoms with van der Waals surface area (Å²) >= 11 is 0. The minimum Gasteiger partial charge on any atom is -0.465 e. The maximum absolute atomic E-state index is 12.5. The van der Waals surface area contributed by atoms with Crippen molar-refractivity contribution in [2.24, 2.45) is 5.92 Å². The normalized spacial score (nSPS) is 20.2. The minimum atomic E-state index is 0.00941. The molecular weight excluding hydrogens is 346 g/mol. The third-order valence-corrected chi connectivity index (χ3v) is 5.40. The van der Waals surface area contributed by atoms with Crippen LogP contribution >= 0.6 is 0 Å². The van der Waals surface area contributed by atoms with Gasteiger partial charge in [-0.15, -0.1) is 0 Å². The first-order chi connectivity index (χ1) is 13.0. The molecule has 2 aliphatic rings. The minimum absolute atomic E-state index is 0.00941. The number of rotatable bonds is 7. The van der Waals surface area contributed by atoms with Crippen LogP contribution in [0.15, 0.2) is 16.5 Å². The van der Waals surface area contributed by atoms with Crippen molar-refractivity contribution >= 4 is 17.7 Å². The Morgan fingerprint density at radius 2 is 2.11 bits per heavy atom. The van der Waals surface area contributed by atoms with Crippen molar-refractivity contribution in [1.29, 1.82) is 0 Å². The third kappa shape index (κ3) is 5.58. The molecule has 1 N–H and O–H groups in total. The highest BCUT2D eigenvalue weighted by Gasteiger charge is 2.28. The van der Waals surface area contributed by atoms with Gasteiger partial charge in [0.1, 0.15) is 11.5 Å². The van der Waals surface area contributed by atoms with Gasteiger partial charge in [-0.1, -0.05) is 0 Å². The monoisotopic (exact) mass is 375 g/mol. The van der Waals surface area contributed by atoms with Gasteiger partial charge in [-0.3, -0.25) is 14.4 Å². The van der Waals surface area contributed by atoms with Crippen LogP contribution in [0.25, 0.3) is 0 Å². The smallest absolute Gasteiger partial charge is 0.242 e. The van der Waals surface area contributed by atoms with Gasteiger partial charge < -0.3 is 19.5 Å². The van der Waals surface area contributed by atoms with E-state index in [4.69, 9.17) is 4.42 Å². The largest absolute Gasteiger partial charge is 0.465 e. The van der Waals surface area contributed by atoms with Crippen molar-refractivity contribution in [3.05, 3.63) is 23.7 Å². The Hall–Kier alpha value is -2.31. The van der Waals surface area contributed by atoms with E-state index in [1.165, 1.54) is 0 Å². The van der Waals surface area contributed by atoms with Crippen LogP contribution < -0.4 is 5.32 Å². The standard InChI is InChI=1S/C20H29N3O4/c1-15-6-8-17(27-15)12-21-18(24)9-7-16-4-2-10-22(13-16)20(26)14-23-11-3-5-19(23)25/h6,8,16H,2-5,7,9-14H2,1H3,(H,21,24)/t16-/m0/s1. The van der Waals surface area contributed by atoms with Gasteiger partial charge in [0.2, 0.25) is 17.7 Å². The SMILES string of the molecule is Cc1ccc(CNC(=O)CC[C@@H]2CCCN(C(=O)CN3CCCC3=O)C2)o1. The molecule has 0 unspecified atom stereocenters. The number of aryl methyl sites for hydroxylation is 1. The van der Waals surface area contributed by atoms with Crippen LogP contribution in [0.1, 0.15) is 50.0 Å². The topological polar surface area (TPSA) is 82.9 Å². The fourth-order valence-electron chi connectivity index (χ4n) is 3.85. The van der Waals surface area contributed by atoms with E-state index in [1.807, 2.05) is 24.0 Å². The first kappa shape index (κ1) is 19.5. The van der Waals surface area contributed by atoms with E-state index < -0.39 is 0 Å². The molecule has 0 aromatic carbocycles. The number of hydrogen-bond donors (Lipinski definition) is 1. The Kier molecular flexibility index (Phi) is 6.53. The summed E-state index contributed by atoms with van der Waals surface area (Å²) in [5.41, 5.74) is 0. The van der Waals surface area contributed by atoms with Gasteiger partial charge in [-0.05, 0) is 50.7 Å². The molecule has 7 heteroatoms. The molecule has 27 heavy (non-hydrogen) atoms. The van der Waals surface area contributed by atoms with E-state index >= 15 is 0 Å². The van der Waals surface area contributed by atoms with Gasteiger partial charge in [-0.2, -0.15) is 0 Å². The van der Waals surface area contributed by atoms with E-state index in [1.54, 1.807) is 4.90 Å². The molecule has 0 spiro atoms. The highest BCUT2D eigenvalue weighted by Crippen LogP contribution is 2.22. The second-order valence-electron chi connectivity index (χ2n) is 7.59. The summed E-state index contributed by atoms with van der Waals surface area (Å²) in [6, 6.07) is 3.75. The Morgan fingerprint density at radius 3 is 2.81 bits per heavy atom. The van der Waals surface area contributed by atoms with Crippen LogP contribution in [0.5, 0.6) is 0 Å². The Labute approximate surface area is 160 Å². The lowest BCUT2D eigenvalue weighted by Gasteiger charge is -2.33. The zero-order valence-corrected chi connectivity index (χ0v) is 16.0. The first-order valence-corrected chi connectivity index (χ1v) is 9.89. The van der Waals surface area contributed by atoms with Gasteiger partial charge in [0.25, 0.3) is 0 Å². The molecule has 1 aromatic heterocycles. The van der Waals surface area contributed by atoms with Crippen molar-refractivity contribution in [3.63, 3.8) is 0 Å². The zero-order valence-electron chi connectivity index (χ0n) is 16.0. The van der Waals surface area contributed by atoms with Gasteiger partial charge in [-0.25, -0.2) is 0 Å². The highest BCUT2D eigenvalue weighted by atomic mass is 16.3. The number of nitrogens with one attached hydrogen (secondary N) is 1. The number of likely N-dealkylation sites (tertiary alicyclic amines) is 2. The van der Waals surface area contributed by atoms with E-state index in [9.17, 15) is 14.4 Å². The van der Waals surface area contributed by atoms with Crippen LogP contribution in [-0.4, -0.2) is 53.7 Å². The lowest BCUT2D eigenvalue weighted by atomic mass is 9.93. The third-order valence-electron chi connectivity index (χ3n) is 5.40. The van der Waals surface area contributed by atoms with Crippen molar-refractivity contribution in [1.82, 2.24) is 15.1 Å². The van der Waals surface area contributed by atoms with E-state index in [-0.39, 0.29) is 24.3 Å². The molecule has 3 heterocycles. The van der Waals surface area contributed by atoms with Crippen LogP contribution in [0, 0.1) is 12.8 Å². The van der Waals surface area contributed by atoms with Crippen LogP contribution in [-0.2, 0) is 20.9 Å². The van der Waals surface area contributed by atoms with Gasteiger partial charge >= 0.3 is 0 Å². The number of piperidine rings is 1. The summed E-state index contributed by atoms with van der Waals surface area (Å²) in [4.78, 5) is 39.8. The number of nitrogens with zero attached hydrogens (tertiary/aromatic N) is 2. The number of carbonyl (C=O) groups is 3. The quantitative estimate of drug-likeness (QED) is 0.788. The lowest BCUT2D eigenvalue weighted by molar-refractivity contribution is -0.139. The predicted octanol–water partition coefficient (Wildman–Crippen LogP) is 1.85. The van der Waals surface area contributed by atoms with E-state index in [2.05, 4.69) is 5.32 Å². The molecule has 3 amide bonds. The Morgan fingerprint density at radius 1 is 1.26 bits per heavy atom. The van der Waals surface area contributed by atoms with Gasteiger partial charge in [0, 0.05) is 32.5 Å². The van der Waals surface area contributed by atoms with E-state index in [0.29, 0.717) is 38.4 Å². The first-order valence-electron chi connectivity index (χ1n) is 9.89. The molecule has 2 fully saturated rings. The number of amides is 3. The summed E-state index contributed by atoms with van der Waals surface area (Å²) < 4.78 is 5.44. The van der Waals surface area contributed by atoms with Crippen LogP contribution in [0.2, 0.25) is 0 Å². The molecule has 0 saturated carbocycles. The Balaban J connectivity index is 1.38. The molecule has 2 aliphatic heterocycles. The van der Waals surface area contributed by atoms with Crippen molar-refractivity contribution in [2.45, 2.75) is 52.0 Å². The molecule has 3 rings (SSSR count). The molecule has 0 aliphatic carbocycles. The highest BCUT2D eigenvalue weighted by molar-refractivity contribution is 5.86. The van der Waals surface area contributed by atoms with Gasteiger partial charge in [0.15, 0.2) is 0 Å². The number of hydrogen-bond acceptors (Lipinski definition) is 4. The van der Waals surface area contributed by atoms with Crippen LogP contribution in [0.3, 0.4) is 0 Å². The second kappa shape index (κ2) is 9.06. The molecule has 2 saturated heterocycles. The molecule has 148 valence electrons. The summed E-state index contributed by atoms with van der Waals surface area (Å²) in [7, 11) is 0. The van der Waals surface area contributed by atoms with E-state index in [0.717, 1.165) is 43.7 Å². The molecule has 1 atom stereocenters. The fourth-order valence-corrected chi connectivity index (χ4v) is 3.85. The van der Waals surface area contributed by atoms with Crippen molar-refractivity contribution in [3.8, 4) is 0 Å².